The summed E-state index contributed by atoms with van der Waals surface area (Å²) in [5, 5.41) is 3.66. The van der Waals surface area contributed by atoms with Gasteiger partial charge in [-0.05, 0) is 6.07 Å². The molecule has 1 aliphatic rings. The number of aromatic nitrogens is 2. The van der Waals surface area contributed by atoms with Crippen LogP contribution in [0.15, 0.2) is 35.8 Å². The molecular weight excluding hydrogens is 318 g/mol. The minimum absolute atomic E-state index is 0.0237. The van der Waals surface area contributed by atoms with Crippen molar-refractivity contribution >= 4 is 28.0 Å². The molecule has 0 aliphatic carbocycles. The molecule has 3 heterocycles. The van der Waals surface area contributed by atoms with Crippen molar-refractivity contribution in [2.24, 2.45) is 0 Å². The van der Waals surface area contributed by atoms with E-state index in [1.807, 2.05) is 24.3 Å². The Morgan fingerprint density at radius 3 is 2.79 bits per heavy atom. The molecule has 0 amide bonds. The smallest absolute Gasteiger partial charge is 0.223 e. The maximum Gasteiger partial charge on any atom is 0.223 e. The van der Waals surface area contributed by atoms with Crippen LogP contribution in [0.2, 0.25) is 0 Å². The maximum absolute atomic E-state index is 12.8. The number of carbonyl (C=O) groups excluding carboxylic acids is 1. The number of H-pyrrole nitrogens is 1. The van der Waals surface area contributed by atoms with Crippen LogP contribution in [0.4, 0.5) is 0 Å². The van der Waals surface area contributed by atoms with Crippen LogP contribution in [0.25, 0.3) is 10.9 Å². The van der Waals surface area contributed by atoms with Crippen LogP contribution in [-0.2, 0) is 0 Å². The lowest BCUT2D eigenvalue weighted by Crippen LogP contribution is -2.45. The number of likely N-dealkylation sites (tertiary alicyclic amines) is 1. The number of carbonyl (C=O) groups is 1. The highest BCUT2D eigenvalue weighted by Crippen LogP contribution is 2.31. The normalized spacial score (nSPS) is 18.1. The molecule has 0 bridgehead atoms. The third-order valence-electron chi connectivity index (χ3n) is 5.13. The van der Waals surface area contributed by atoms with Crippen molar-refractivity contribution < 1.29 is 9.28 Å². The minimum Gasteiger partial charge on any atom is -0.360 e. The van der Waals surface area contributed by atoms with Gasteiger partial charge in [0, 0.05) is 41.2 Å². The third-order valence-corrected chi connectivity index (χ3v) is 5.99. The van der Waals surface area contributed by atoms with Gasteiger partial charge in [0.25, 0.3) is 0 Å². The zero-order valence-electron chi connectivity index (χ0n) is 14.1. The standard InChI is InChI=1S/C19H21N3OS/c1-22(2)9-7-13(8-10-22)17-12-24-19(21-17)18(23)15-11-20-16-6-4-3-5-14(15)16/h3-6,11-13H,7-10H2,1-2H3/p+1. The Morgan fingerprint density at radius 1 is 1.25 bits per heavy atom. The van der Waals surface area contributed by atoms with E-state index in [0.717, 1.165) is 33.9 Å². The first kappa shape index (κ1) is 15.5. The van der Waals surface area contributed by atoms with Gasteiger partial charge in [0.15, 0.2) is 5.01 Å². The fourth-order valence-corrected chi connectivity index (χ4v) is 4.37. The van der Waals surface area contributed by atoms with Crippen LogP contribution in [-0.4, -0.2) is 47.4 Å². The van der Waals surface area contributed by atoms with Crippen molar-refractivity contribution in [3.8, 4) is 0 Å². The van der Waals surface area contributed by atoms with E-state index in [4.69, 9.17) is 4.98 Å². The summed E-state index contributed by atoms with van der Waals surface area (Å²) in [5.41, 5.74) is 2.81. The number of thiazole rings is 1. The molecule has 0 radical (unpaired) electrons. The first-order valence-corrected chi connectivity index (χ1v) is 9.30. The number of aromatic amines is 1. The van der Waals surface area contributed by atoms with E-state index >= 15 is 0 Å². The van der Waals surface area contributed by atoms with E-state index in [-0.39, 0.29) is 5.78 Å². The minimum atomic E-state index is 0.0237. The van der Waals surface area contributed by atoms with Crippen molar-refractivity contribution in [3.63, 3.8) is 0 Å². The molecular formula is C19H22N3OS+. The molecule has 0 atom stereocenters. The maximum atomic E-state index is 12.8. The quantitative estimate of drug-likeness (QED) is 0.582. The van der Waals surface area contributed by atoms with Crippen LogP contribution in [0.5, 0.6) is 0 Å². The van der Waals surface area contributed by atoms with Gasteiger partial charge in [-0.2, -0.15) is 0 Å². The van der Waals surface area contributed by atoms with Crippen molar-refractivity contribution in [1.82, 2.24) is 9.97 Å². The number of quaternary nitrogens is 1. The summed E-state index contributed by atoms with van der Waals surface area (Å²) < 4.78 is 1.09. The average Bonchev–Trinajstić information content (AvgIpc) is 3.21. The van der Waals surface area contributed by atoms with Crippen LogP contribution >= 0.6 is 11.3 Å². The highest BCUT2D eigenvalue weighted by molar-refractivity contribution is 7.12. The molecule has 0 saturated carbocycles. The van der Waals surface area contributed by atoms with Gasteiger partial charge in [0.1, 0.15) is 0 Å². The molecule has 4 nitrogen and oxygen atoms in total. The average molecular weight is 340 g/mol. The second-order valence-electron chi connectivity index (χ2n) is 7.31. The van der Waals surface area contributed by atoms with Crippen molar-refractivity contribution in [1.29, 1.82) is 0 Å². The van der Waals surface area contributed by atoms with E-state index < -0.39 is 0 Å². The Labute approximate surface area is 145 Å². The Kier molecular flexibility index (Phi) is 3.77. The number of fused-ring (bicyclic) bond motifs is 1. The molecule has 5 heteroatoms. The number of piperidine rings is 1. The number of nitrogens with one attached hydrogen (secondary N) is 1. The summed E-state index contributed by atoms with van der Waals surface area (Å²) >= 11 is 1.48. The molecule has 3 aromatic rings. The van der Waals surface area contributed by atoms with Gasteiger partial charge in [-0.25, -0.2) is 4.98 Å². The molecule has 1 aliphatic heterocycles. The molecule has 0 unspecified atom stereocenters. The molecule has 124 valence electrons. The van der Waals surface area contributed by atoms with Crippen molar-refractivity contribution in [2.75, 3.05) is 27.2 Å². The first-order chi connectivity index (χ1) is 11.5. The molecule has 1 saturated heterocycles. The van der Waals surface area contributed by atoms with E-state index in [9.17, 15) is 4.79 Å². The fourth-order valence-electron chi connectivity index (χ4n) is 3.52. The molecule has 4 rings (SSSR count). The van der Waals surface area contributed by atoms with Gasteiger partial charge in [-0.3, -0.25) is 4.79 Å². The Balaban J connectivity index is 1.57. The number of benzene rings is 1. The summed E-state index contributed by atoms with van der Waals surface area (Å²) in [6.07, 6.45) is 4.10. The molecule has 0 spiro atoms. The Bertz CT molecular complexity index is 883. The summed E-state index contributed by atoms with van der Waals surface area (Å²) in [4.78, 5) is 20.7. The molecule has 1 N–H and O–H groups in total. The van der Waals surface area contributed by atoms with Crippen LogP contribution in [0.3, 0.4) is 0 Å². The highest BCUT2D eigenvalue weighted by Gasteiger charge is 2.29. The predicted octanol–water partition coefficient (Wildman–Crippen LogP) is 3.81. The van der Waals surface area contributed by atoms with E-state index in [1.54, 1.807) is 6.20 Å². The van der Waals surface area contributed by atoms with Gasteiger partial charge in [0.05, 0.1) is 38.4 Å². The van der Waals surface area contributed by atoms with Crippen LogP contribution in [0.1, 0.15) is 39.8 Å². The molecule has 2 aromatic heterocycles. The van der Waals surface area contributed by atoms with Gasteiger partial charge in [0.2, 0.25) is 5.78 Å². The van der Waals surface area contributed by atoms with Crippen LogP contribution < -0.4 is 0 Å². The van der Waals surface area contributed by atoms with Crippen molar-refractivity contribution in [3.05, 3.63) is 52.1 Å². The van der Waals surface area contributed by atoms with Crippen LogP contribution in [0, 0.1) is 0 Å². The first-order valence-electron chi connectivity index (χ1n) is 8.42. The monoisotopic (exact) mass is 340 g/mol. The number of rotatable bonds is 3. The van der Waals surface area contributed by atoms with Gasteiger partial charge in [-0.15, -0.1) is 11.3 Å². The van der Waals surface area contributed by atoms with Crippen molar-refractivity contribution in [2.45, 2.75) is 18.8 Å². The third kappa shape index (κ3) is 2.78. The second kappa shape index (κ2) is 5.83. The molecule has 24 heavy (non-hydrogen) atoms. The number of hydrogen-bond donors (Lipinski definition) is 1. The number of nitrogens with zero attached hydrogens (tertiary/aromatic N) is 2. The van der Waals surface area contributed by atoms with E-state index in [0.29, 0.717) is 16.5 Å². The highest BCUT2D eigenvalue weighted by atomic mass is 32.1. The number of para-hydroxylation sites is 1. The lowest BCUT2D eigenvalue weighted by atomic mass is 9.93. The number of ketones is 1. The fraction of sp³-hybridized carbons (Fsp3) is 0.368. The lowest BCUT2D eigenvalue weighted by Gasteiger charge is -2.36. The predicted molar refractivity (Wildman–Crippen MR) is 97.7 cm³/mol. The number of hydrogen-bond acceptors (Lipinski definition) is 3. The zero-order valence-corrected chi connectivity index (χ0v) is 14.9. The van der Waals surface area contributed by atoms with Gasteiger partial charge >= 0.3 is 0 Å². The Hall–Kier alpha value is -1.98. The van der Waals surface area contributed by atoms with Gasteiger partial charge in [-0.1, -0.05) is 18.2 Å². The summed E-state index contributed by atoms with van der Waals surface area (Å²) in [7, 11) is 4.56. The van der Waals surface area contributed by atoms with E-state index in [1.165, 1.54) is 24.4 Å². The summed E-state index contributed by atoms with van der Waals surface area (Å²) in [6.45, 7) is 2.35. The topological polar surface area (TPSA) is 45.8 Å². The van der Waals surface area contributed by atoms with Gasteiger partial charge < -0.3 is 9.47 Å². The second-order valence-corrected chi connectivity index (χ2v) is 8.17. The Morgan fingerprint density at radius 2 is 2.00 bits per heavy atom. The molecule has 1 fully saturated rings. The zero-order chi connectivity index (χ0) is 16.7. The SMILES string of the molecule is C[N+]1(C)CCC(c2csc(C(=O)c3c[nH]c4ccccc34)n2)CC1. The lowest BCUT2D eigenvalue weighted by molar-refractivity contribution is -0.895. The molecule has 1 aromatic carbocycles. The summed E-state index contributed by atoms with van der Waals surface area (Å²) in [5.74, 6) is 0.521. The van der Waals surface area contributed by atoms with E-state index in [2.05, 4.69) is 24.5 Å². The largest absolute Gasteiger partial charge is 0.360 e. The summed E-state index contributed by atoms with van der Waals surface area (Å²) in [6, 6.07) is 7.90.